The zero-order valence-electron chi connectivity index (χ0n) is 18.7. The lowest BCUT2D eigenvalue weighted by Crippen LogP contribution is -2.32. The predicted molar refractivity (Wildman–Crippen MR) is 123 cm³/mol. The highest BCUT2D eigenvalue weighted by Crippen LogP contribution is 2.28. The number of sulfonamides is 1. The van der Waals surface area contributed by atoms with Crippen molar-refractivity contribution in [3.63, 3.8) is 0 Å². The lowest BCUT2D eigenvalue weighted by molar-refractivity contribution is 0.102. The van der Waals surface area contributed by atoms with Crippen molar-refractivity contribution in [3.05, 3.63) is 42.1 Å². The van der Waals surface area contributed by atoms with Gasteiger partial charge in [-0.3, -0.25) is 4.79 Å². The normalized spacial score (nSPS) is 14.4. The van der Waals surface area contributed by atoms with Crippen LogP contribution in [0.25, 0.3) is 0 Å². The monoisotopic (exact) mass is 462 g/mol. The molecule has 1 N–H and O–H groups in total. The summed E-state index contributed by atoms with van der Waals surface area (Å²) < 4.78 is 36.8. The number of rotatable bonds is 9. The zero-order chi connectivity index (χ0) is 23.1. The topological polar surface area (TPSA) is 101 Å². The summed E-state index contributed by atoms with van der Waals surface area (Å²) in [5, 5.41) is 2.82. The fourth-order valence-corrected chi connectivity index (χ4v) is 4.37. The van der Waals surface area contributed by atoms with Crippen molar-refractivity contribution in [1.82, 2.24) is 9.29 Å². The number of piperidine rings is 1. The molecular weight excluding hydrogens is 432 g/mol. The van der Waals surface area contributed by atoms with Gasteiger partial charge in [-0.2, -0.15) is 0 Å². The second kappa shape index (κ2) is 10.8. The van der Waals surface area contributed by atoms with E-state index in [1.54, 1.807) is 31.4 Å². The third-order valence-electron chi connectivity index (χ3n) is 5.22. The number of ether oxygens (including phenoxy) is 2. The Balaban J connectivity index is 1.86. The van der Waals surface area contributed by atoms with Crippen LogP contribution in [0.4, 0.5) is 11.4 Å². The second-order valence-corrected chi connectivity index (χ2v) is 9.85. The van der Waals surface area contributed by atoms with Gasteiger partial charge in [0.2, 0.25) is 15.9 Å². The number of pyridine rings is 1. The molecule has 0 bridgehead atoms. The molecule has 32 heavy (non-hydrogen) atoms. The summed E-state index contributed by atoms with van der Waals surface area (Å²) in [4.78, 5) is 19.6. The first-order valence-corrected chi connectivity index (χ1v) is 12.0. The van der Waals surface area contributed by atoms with Crippen molar-refractivity contribution in [1.29, 1.82) is 0 Å². The molecule has 1 aliphatic heterocycles. The highest BCUT2D eigenvalue weighted by Gasteiger charge is 2.24. The number of nitrogens with zero attached hydrogens (tertiary/aromatic N) is 3. The molecule has 1 aromatic heterocycles. The number of nitrogens with one attached hydrogen (secondary N) is 1. The molecule has 0 saturated carbocycles. The summed E-state index contributed by atoms with van der Waals surface area (Å²) in [6, 6.07) is 8.08. The Kier molecular flexibility index (Phi) is 8.05. The summed E-state index contributed by atoms with van der Waals surface area (Å²) in [5.41, 5.74) is 1.53. The van der Waals surface area contributed by atoms with Gasteiger partial charge in [0.1, 0.15) is 6.61 Å². The largest absolute Gasteiger partial charge is 0.475 e. The fraction of sp³-hybridized carbons (Fsp3) is 0.455. The van der Waals surface area contributed by atoms with E-state index in [9.17, 15) is 13.2 Å². The van der Waals surface area contributed by atoms with Crippen molar-refractivity contribution in [2.75, 3.05) is 57.7 Å². The van der Waals surface area contributed by atoms with Crippen molar-refractivity contribution in [2.45, 2.75) is 24.2 Å². The molecule has 0 spiro atoms. The highest BCUT2D eigenvalue weighted by atomic mass is 32.2. The van der Waals surface area contributed by atoms with E-state index in [2.05, 4.69) is 15.2 Å². The van der Waals surface area contributed by atoms with Crippen LogP contribution in [0.1, 0.15) is 29.6 Å². The quantitative estimate of drug-likeness (QED) is 0.572. The number of amides is 1. The van der Waals surface area contributed by atoms with Gasteiger partial charge in [0, 0.05) is 46.0 Å². The van der Waals surface area contributed by atoms with Gasteiger partial charge in [0.05, 0.1) is 29.0 Å². The summed E-state index contributed by atoms with van der Waals surface area (Å²) in [7, 11) is 0.851. The van der Waals surface area contributed by atoms with Crippen LogP contribution in [0.15, 0.2) is 41.4 Å². The summed E-state index contributed by atoms with van der Waals surface area (Å²) in [6.07, 6.45) is 4.72. The van der Waals surface area contributed by atoms with E-state index in [0.717, 1.165) is 42.3 Å². The molecule has 0 aliphatic carbocycles. The first kappa shape index (κ1) is 24.0. The Labute approximate surface area is 189 Å². The number of hydrogen-bond donors (Lipinski definition) is 1. The number of hydrogen-bond acceptors (Lipinski definition) is 7. The predicted octanol–water partition coefficient (Wildman–Crippen LogP) is 2.60. The van der Waals surface area contributed by atoms with E-state index in [1.165, 1.54) is 26.4 Å². The van der Waals surface area contributed by atoms with Crippen molar-refractivity contribution in [2.24, 2.45) is 0 Å². The molecule has 2 aromatic rings. The van der Waals surface area contributed by atoms with Crippen molar-refractivity contribution in [3.8, 4) is 5.88 Å². The molecule has 1 fully saturated rings. The Hall–Kier alpha value is -2.69. The summed E-state index contributed by atoms with van der Waals surface area (Å²) >= 11 is 0. The van der Waals surface area contributed by atoms with Crippen molar-refractivity contribution >= 4 is 27.3 Å². The van der Waals surface area contributed by atoms with Gasteiger partial charge in [-0.15, -0.1) is 0 Å². The maximum Gasteiger partial charge on any atom is 0.257 e. The molecule has 1 saturated heterocycles. The average Bonchev–Trinajstić information content (AvgIpc) is 2.80. The average molecular weight is 463 g/mol. The molecule has 0 atom stereocenters. The Morgan fingerprint density at radius 3 is 2.50 bits per heavy atom. The van der Waals surface area contributed by atoms with Gasteiger partial charge < -0.3 is 19.7 Å². The van der Waals surface area contributed by atoms with Crippen LogP contribution >= 0.6 is 0 Å². The van der Waals surface area contributed by atoms with Crippen LogP contribution in [0, 0.1) is 0 Å². The van der Waals surface area contributed by atoms with Gasteiger partial charge in [-0.1, -0.05) is 0 Å². The molecule has 0 radical (unpaired) electrons. The SMILES string of the molecule is COCCOc1ccc(NC(=O)c2cc(S(=O)(=O)N(C)C)ccc2N2CCCCC2)cn1. The first-order valence-electron chi connectivity index (χ1n) is 10.5. The standard InChI is InChI=1S/C22H30N4O5S/c1-25(2)32(28,29)18-8-9-20(26-11-5-4-6-12-26)19(15-18)22(27)24-17-7-10-21(23-16-17)31-14-13-30-3/h7-10,15-16H,4-6,11-14H2,1-3H3,(H,24,27). The molecule has 1 aromatic carbocycles. The second-order valence-electron chi connectivity index (χ2n) is 7.69. The lowest BCUT2D eigenvalue weighted by atomic mass is 10.1. The van der Waals surface area contributed by atoms with E-state index in [0.29, 0.717) is 30.3 Å². The van der Waals surface area contributed by atoms with Gasteiger partial charge >= 0.3 is 0 Å². The van der Waals surface area contributed by atoms with Crippen LogP contribution in [0.5, 0.6) is 5.88 Å². The minimum Gasteiger partial charge on any atom is -0.475 e. The molecule has 2 heterocycles. The fourth-order valence-electron chi connectivity index (χ4n) is 3.45. The molecule has 10 heteroatoms. The third kappa shape index (κ3) is 5.76. The minimum absolute atomic E-state index is 0.0772. The number of anilines is 2. The molecule has 0 unspecified atom stereocenters. The van der Waals surface area contributed by atoms with Crippen LogP contribution in [-0.2, 0) is 14.8 Å². The van der Waals surface area contributed by atoms with Gasteiger partial charge in [-0.25, -0.2) is 17.7 Å². The third-order valence-corrected chi connectivity index (χ3v) is 7.03. The van der Waals surface area contributed by atoms with E-state index in [4.69, 9.17) is 9.47 Å². The van der Waals surface area contributed by atoms with Crippen LogP contribution in [0.2, 0.25) is 0 Å². The number of methoxy groups -OCH3 is 1. The molecule has 174 valence electrons. The maximum atomic E-state index is 13.2. The summed E-state index contributed by atoms with van der Waals surface area (Å²) in [6.45, 7) is 2.48. The van der Waals surface area contributed by atoms with Gasteiger partial charge in [0.15, 0.2) is 0 Å². The van der Waals surface area contributed by atoms with Gasteiger partial charge in [-0.05, 0) is 43.5 Å². The zero-order valence-corrected chi connectivity index (χ0v) is 19.5. The number of carbonyl (C=O) groups is 1. The molecular formula is C22H30N4O5S. The Bertz CT molecular complexity index is 1020. The lowest BCUT2D eigenvalue weighted by Gasteiger charge is -2.30. The highest BCUT2D eigenvalue weighted by molar-refractivity contribution is 7.89. The Morgan fingerprint density at radius 2 is 1.88 bits per heavy atom. The van der Waals surface area contributed by atoms with E-state index >= 15 is 0 Å². The molecule has 3 rings (SSSR count). The van der Waals surface area contributed by atoms with Crippen LogP contribution in [-0.4, -0.2) is 71.1 Å². The summed E-state index contributed by atoms with van der Waals surface area (Å²) in [5.74, 6) is 0.0318. The number of benzene rings is 1. The molecule has 1 amide bonds. The van der Waals surface area contributed by atoms with E-state index in [-0.39, 0.29) is 4.90 Å². The molecule has 9 nitrogen and oxygen atoms in total. The molecule has 1 aliphatic rings. The van der Waals surface area contributed by atoms with E-state index in [1.807, 2.05) is 0 Å². The van der Waals surface area contributed by atoms with Gasteiger partial charge in [0.25, 0.3) is 5.91 Å². The number of aromatic nitrogens is 1. The first-order chi connectivity index (χ1) is 15.3. The maximum absolute atomic E-state index is 13.2. The van der Waals surface area contributed by atoms with Crippen molar-refractivity contribution < 1.29 is 22.7 Å². The van der Waals surface area contributed by atoms with Crippen LogP contribution in [0.3, 0.4) is 0 Å². The Morgan fingerprint density at radius 1 is 1.12 bits per heavy atom. The number of carbonyl (C=O) groups excluding carboxylic acids is 1. The van der Waals surface area contributed by atoms with E-state index < -0.39 is 15.9 Å². The smallest absolute Gasteiger partial charge is 0.257 e. The van der Waals surface area contributed by atoms with Crippen LogP contribution < -0.4 is 15.0 Å². The minimum atomic E-state index is -3.67.